The van der Waals surface area contributed by atoms with Crippen LogP contribution in [0.2, 0.25) is 6.32 Å². The van der Waals surface area contributed by atoms with Crippen molar-refractivity contribution in [2.75, 3.05) is 0 Å². The Kier molecular flexibility index (Phi) is 6.81. The zero-order valence-corrected chi connectivity index (χ0v) is 16.8. The van der Waals surface area contributed by atoms with Crippen LogP contribution in [0.3, 0.4) is 0 Å². The van der Waals surface area contributed by atoms with E-state index in [1.807, 2.05) is 20.0 Å². The van der Waals surface area contributed by atoms with Crippen molar-refractivity contribution in [2.45, 2.75) is 53.5 Å². The summed E-state index contributed by atoms with van der Waals surface area (Å²) in [6.45, 7) is 12.2. The smallest absolute Gasteiger partial charge is 0.159 e. The predicted octanol–water partition coefficient (Wildman–Crippen LogP) is 4.73. The Labute approximate surface area is 146 Å². The molecule has 0 unspecified atom stereocenters. The molecule has 0 radical (unpaired) electrons. The Morgan fingerprint density at radius 2 is 2.00 bits per heavy atom. The van der Waals surface area contributed by atoms with Crippen LogP contribution in [-0.4, -0.2) is 23.0 Å². The highest BCUT2D eigenvalue weighted by Crippen LogP contribution is 2.36. The number of rotatable bonds is 6. The van der Waals surface area contributed by atoms with E-state index in [1.54, 1.807) is 8.93 Å². The molecular formula is C16H25BINOS. The van der Waals surface area contributed by atoms with Gasteiger partial charge in [-0.2, -0.15) is 0 Å². The maximum absolute atomic E-state index is 10.3. The number of hydrogen-bond acceptors (Lipinski definition) is 3. The third kappa shape index (κ3) is 5.29. The van der Waals surface area contributed by atoms with Crippen molar-refractivity contribution in [3.05, 3.63) is 34.5 Å². The lowest BCUT2D eigenvalue weighted by Gasteiger charge is -2.37. The third-order valence-electron chi connectivity index (χ3n) is 4.43. The van der Waals surface area contributed by atoms with Gasteiger partial charge in [-0.15, -0.1) is 0 Å². The van der Waals surface area contributed by atoms with Crippen molar-refractivity contribution < 1.29 is 5.11 Å². The van der Waals surface area contributed by atoms with E-state index < -0.39 is 5.60 Å². The highest BCUT2D eigenvalue weighted by Gasteiger charge is 2.34. The van der Waals surface area contributed by atoms with Gasteiger partial charge in [0.2, 0.25) is 0 Å². The maximum Gasteiger partial charge on any atom is 0.159 e. The molecule has 0 fully saturated rings. The molecule has 0 bridgehead atoms. The van der Waals surface area contributed by atoms with Gasteiger partial charge in [-0.3, -0.25) is 4.98 Å². The quantitative estimate of drug-likeness (QED) is 0.537. The summed E-state index contributed by atoms with van der Waals surface area (Å²) in [4.78, 5) is 4.47. The minimum Gasteiger partial charge on any atom is -0.390 e. The molecule has 1 rings (SSSR count). The Morgan fingerprint density at radius 1 is 1.38 bits per heavy atom. The van der Waals surface area contributed by atoms with E-state index in [4.69, 9.17) is 0 Å². The fourth-order valence-corrected chi connectivity index (χ4v) is 3.30. The van der Waals surface area contributed by atoms with Crippen LogP contribution in [-0.2, 0) is 0 Å². The van der Waals surface area contributed by atoms with E-state index in [-0.39, 0.29) is 5.41 Å². The zero-order valence-electron chi connectivity index (χ0n) is 13.8. The van der Waals surface area contributed by atoms with E-state index in [1.165, 1.54) is 16.6 Å². The van der Waals surface area contributed by atoms with Crippen molar-refractivity contribution in [3.63, 3.8) is 0 Å². The number of aromatic nitrogens is 1. The summed E-state index contributed by atoms with van der Waals surface area (Å²) in [7, 11) is 2.64. The van der Waals surface area contributed by atoms with Gasteiger partial charge in [0.1, 0.15) is 0 Å². The molecule has 1 heterocycles. The first kappa shape index (κ1) is 19.0. The molecule has 116 valence electrons. The summed E-state index contributed by atoms with van der Waals surface area (Å²) in [5.41, 5.74) is 3.97. The van der Waals surface area contributed by atoms with E-state index >= 15 is 0 Å². The fourth-order valence-electron chi connectivity index (χ4n) is 2.03. The Bertz CT molecular complexity index is 523. The predicted molar refractivity (Wildman–Crippen MR) is 105 cm³/mol. The molecule has 0 saturated heterocycles. The van der Waals surface area contributed by atoms with Gasteiger partial charge in [0.15, 0.2) is 7.28 Å². The Morgan fingerprint density at radius 3 is 2.52 bits per heavy atom. The number of halogens is 1. The summed E-state index contributed by atoms with van der Waals surface area (Å²) < 4.78 is 0. The van der Waals surface area contributed by atoms with Gasteiger partial charge in [-0.05, 0) is 55.7 Å². The van der Waals surface area contributed by atoms with Crippen LogP contribution in [0.4, 0.5) is 0 Å². The number of hydrogen-bond donors (Lipinski definition) is 1. The molecule has 21 heavy (non-hydrogen) atoms. The molecule has 0 saturated carbocycles. The highest BCUT2D eigenvalue weighted by molar-refractivity contribution is 14.2. The average Bonchev–Trinajstić information content (AvgIpc) is 2.36. The van der Waals surface area contributed by atoms with Gasteiger partial charge in [0.05, 0.1) is 5.60 Å². The van der Waals surface area contributed by atoms with Crippen molar-refractivity contribution in [1.29, 1.82) is 0 Å². The van der Waals surface area contributed by atoms with Crippen LogP contribution in [0.1, 0.15) is 44.5 Å². The number of pyridine rings is 1. The molecule has 1 aromatic heterocycles. The molecule has 0 aliphatic rings. The SMILES string of the molecule is Cc1cnc(C)c(/C(BCC(C)(C)C(C)(C)O)=C\SI)c1. The second-order valence-corrected chi connectivity index (χ2v) is 8.76. The van der Waals surface area contributed by atoms with Gasteiger partial charge < -0.3 is 5.11 Å². The summed E-state index contributed by atoms with van der Waals surface area (Å²) in [5, 5.41) is 12.5. The lowest BCUT2D eigenvalue weighted by molar-refractivity contribution is -0.0236. The lowest BCUT2D eigenvalue weighted by atomic mass is 9.54. The maximum atomic E-state index is 10.3. The van der Waals surface area contributed by atoms with E-state index in [0.717, 1.165) is 19.3 Å². The van der Waals surface area contributed by atoms with Gasteiger partial charge in [-0.25, -0.2) is 0 Å². The van der Waals surface area contributed by atoms with Crippen molar-refractivity contribution in [2.24, 2.45) is 5.41 Å². The van der Waals surface area contributed by atoms with Gasteiger partial charge >= 0.3 is 0 Å². The summed E-state index contributed by atoms with van der Waals surface area (Å²) >= 11 is 2.30. The van der Waals surface area contributed by atoms with Crippen molar-refractivity contribution in [3.8, 4) is 0 Å². The molecule has 1 N–H and O–H groups in total. The molecule has 5 heteroatoms. The fraction of sp³-hybridized carbons (Fsp3) is 0.562. The standard InChI is InChI=1S/C16H25BINOS/c1-11-7-13(12(2)19-8-11)14(9-21-18)17-10-15(3,4)16(5,6)20/h7-9,17,20H,10H2,1-6H3/b14-9+. The lowest BCUT2D eigenvalue weighted by Crippen LogP contribution is -2.39. The van der Waals surface area contributed by atoms with E-state index in [0.29, 0.717) is 0 Å². The molecular weight excluding hydrogens is 392 g/mol. The van der Waals surface area contributed by atoms with Gasteiger partial charge in [0, 0.05) is 33.1 Å². The number of aliphatic hydroxyl groups is 1. The van der Waals surface area contributed by atoms with E-state index in [2.05, 4.69) is 65.4 Å². The summed E-state index contributed by atoms with van der Waals surface area (Å²) in [5.74, 6) is 0. The average molecular weight is 417 g/mol. The van der Waals surface area contributed by atoms with Gasteiger partial charge in [-0.1, -0.05) is 34.6 Å². The van der Waals surface area contributed by atoms with Crippen molar-refractivity contribution >= 4 is 42.9 Å². The van der Waals surface area contributed by atoms with Crippen LogP contribution in [0, 0.1) is 19.3 Å². The molecule has 0 aliphatic carbocycles. The van der Waals surface area contributed by atoms with E-state index in [9.17, 15) is 5.11 Å². The molecule has 0 amide bonds. The minimum atomic E-state index is -0.685. The van der Waals surface area contributed by atoms with Crippen LogP contribution in [0.25, 0.3) is 5.47 Å². The summed E-state index contributed by atoms with van der Waals surface area (Å²) in [6, 6.07) is 2.21. The Balaban J connectivity index is 3.00. The first-order valence-corrected chi connectivity index (χ1v) is 10.6. The topological polar surface area (TPSA) is 33.1 Å². The minimum absolute atomic E-state index is 0.132. The Hall–Kier alpha value is -0.00506. The van der Waals surface area contributed by atoms with Crippen LogP contribution in [0.15, 0.2) is 17.7 Å². The number of nitrogens with zero attached hydrogens (tertiary/aromatic N) is 1. The van der Waals surface area contributed by atoms with Gasteiger partial charge in [0.25, 0.3) is 0 Å². The zero-order chi connectivity index (χ0) is 16.3. The number of aryl methyl sites for hydroxylation is 2. The molecule has 0 aromatic carbocycles. The van der Waals surface area contributed by atoms with Crippen LogP contribution < -0.4 is 0 Å². The third-order valence-corrected chi connectivity index (χ3v) is 5.57. The normalized spacial score (nSPS) is 13.4. The van der Waals surface area contributed by atoms with Crippen LogP contribution >= 0.6 is 30.1 Å². The first-order chi connectivity index (χ1) is 9.58. The van der Waals surface area contributed by atoms with Crippen molar-refractivity contribution in [1.82, 2.24) is 4.98 Å². The molecule has 0 aliphatic heterocycles. The second kappa shape index (κ2) is 7.51. The second-order valence-electron chi connectivity index (χ2n) is 6.82. The molecule has 2 nitrogen and oxygen atoms in total. The molecule has 0 atom stereocenters. The summed E-state index contributed by atoms with van der Waals surface area (Å²) in [6.07, 6.45) is 2.85. The van der Waals surface area contributed by atoms with Crippen LogP contribution in [0.5, 0.6) is 0 Å². The largest absolute Gasteiger partial charge is 0.390 e. The monoisotopic (exact) mass is 417 g/mol. The highest BCUT2D eigenvalue weighted by atomic mass is 127. The first-order valence-electron chi connectivity index (χ1n) is 7.21. The molecule has 0 spiro atoms. The molecule has 1 aromatic rings.